The molecule has 0 aliphatic heterocycles. The van der Waals surface area contributed by atoms with Crippen LogP contribution >= 0.6 is 12.6 Å². The summed E-state index contributed by atoms with van der Waals surface area (Å²) in [7, 11) is -3.63. The highest BCUT2D eigenvalue weighted by Crippen LogP contribution is 2.06. The topological polar surface area (TPSA) is 59.4 Å². The second kappa shape index (κ2) is 3.68. The molecule has 0 bridgehead atoms. The van der Waals surface area contributed by atoms with Gasteiger partial charge in [-0.25, -0.2) is 4.98 Å². The number of nitrogens with zero attached hydrogens (tertiary/aromatic N) is 2. The fraction of sp³-hybridized carbons (Fsp3) is 0. The van der Waals surface area contributed by atoms with Crippen molar-refractivity contribution in [1.82, 2.24) is 4.98 Å². The van der Waals surface area contributed by atoms with Crippen molar-refractivity contribution in [1.29, 1.82) is 0 Å². The molecule has 0 atom stereocenters. The molecule has 0 N–H and O–H groups in total. The van der Waals surface area contributed by atoms with E-state index in [4.69, 9.17) is 0 Å². The van der Waals surface area contributed by atoms with Crippen molar-refractivity contribution in [3.63, 3.8) is 0 Å². The summed E-state index contributed by atoms with van der Waals surface area (Å²) in [5, 5.41) is -0.0738. The lowest BCUT2D eigenvalue weighted by molar-refractivity contribution is 0.594. The molecule has 0 aliphatic rings. The smallest absolute Gasteiger partial charge is 0.243 e. The number of sulfonamides is 1. The van der Waals surface area contributed by atoms with Crippen LogP contribution in [0.3, 0.4) is 0 Å². The third-order valence-electron chi connectivity index (χ3n) is 1.09. The molecule has 1 heterocycles. The van der Waals surface area contributed by atoms with Gasteiger partial charge >= 0.3 is 0 Å². The van der Waals surface area contributed by atoms with E-state index in [0.29, 0.717) is 0 Å². The van der Waals surface area contributed by atoms with Crippen molar-refractivity contribution < 1.29 is 8.42 Å². The Morgan fingerprint density at radius 3 is 2.75 bits per heavy atom. The van der Waals surface area contributed by atoms with Crippen molar-refractivity contribution in [2.24, 2.45) is 4.40 Å². The maximum atomic E-state index is 11.1. The van der Waals surface area contributed by atoms with Crippen molar-refractivity contribution in [3.05, 3.63) is 24.4 Å². The molecule has 12 heavy (non-hydrogen) atoms. The molecule has 0 saturated carbocycles. The minimum Gasteiger partial charge on any atom is -0.243 e. The van der Waals surface area contributed by atoms with E-state index in [0.717, 1.165) is 5.55 Å². The quantitative estimate of drug-likeness (QED) is 0.437. The normalized spacial score (nSPS) is 12.1. The van der Waals surface area contributed by atoms with Gasteiger partial charge in [-0.05, 0) is 12.1 Å². The molecule has 0 radical (unpaired) electrons. The standard InChI is InChI=1S/C6H6N2O2S2/c9-12(10,8-5-11)6-3-1-2-4-7-6/h1-5H,(H,8,11). The number of thiol groups is 1. The molecule has 6 heteroatoms. The van der Waals surface area contributed by atoms with E-state index < -0.39 is 10.0 Å². The SMILES string of the molecule is O=S(=O)(/N=C/S)c1ccccn1. The summed E-state index contributed by atoms with van der Waals surface area (Å²) in [6.07, 6.45) is 1.39. The van der Waals surface area contributed by atoms with Gasteiger partial charge in [0.2, 0.25) is 0 Å². The van der Waals surface area contributed by atoms with Gasteiger partial charge in [-0.1, -0.05) is 6.07 Å². The van der Waals surface area contributed by atoms with Crippen LogP contribution in [0.2, 0.25) is 0 Å². The van der Waals surface area contributed by atoms with Gasteiger partial charge in [0.25, 0.3) is 10.0 Å². The number of hydrogen-bond donors (Lipinski definition) is 1. The Morgan fingerprint density at radius 1 is 1.50 bits per heavy atom. The number of pyridine rings is 1. The first-order valence-corrected chi connectivity index (χ1v) is 4.96. The predicted octanol–water partition coefficient (Wildman–Crippen LogP) is 0.728. The maximum Gasteiger partial charge on any atom is 0.300 e. The summed E-state index contributed by atoms with van der Waals surface area (Å²) in [5.74, 6) is 0. The van der Waals surface area contributed by atoms with Gasteiger partial charge < -0.3 is 0 Å². The van der Waals surface area contributed by atoms with E-state index in [-0.39, 0.29) is 5.03 Å². The van der Waals surface area contributed by atoms with Gasteiger partial charge in [-0.2, -0.15) is 12.8 Å². The molecule has 4 nitrogen and oxygen atoms in total. The van der Waals surface area contributed by atoms with E-state index in [1.165, 1.54) is 12.3 Å². The third kappa shape index (κ3) is 2.05. The third-order valence-corrected chi connectivity index (χ3v) is 2.51. The van der Waals surface area contributed by atoms with Crippen LogP contribution in [0.25, 0.3) is 0 Å². The van der Waals surface area contributed by atoms with Gasteiger partial charge in [0.1, 0.15) is 0 Å². The number of rotatable bonds is 2. The van der Waals surface area contributed by atoms with E-state index in [2.05, 4.69) is 22.0 Å². The molecule has 0 spiro atoms. The maximum absolute atomic E-state index is 11.1. The van der Waals surface area contributed by atoms with Crippen LogP contribution in [0, 0.1) is 0 Å². The van der Waals surface area contributed by atoms with Crippen LogP contribution in [-0.2, 0) is 10.0 Å². The van der Waals surface area contributed by atoms with Gasteiger partial charge in [0.05, 0.1) is 5.55 Å². The van der Waals surface area contributed by atoms with E-state index in [9.17, 15) is 8.42 Å². The van der Waals surface area contributed by atoms with E-state index in [1.54, 1.807) is 12.1 Å². The van der Waals surface area contributed by atoms with E-state index in [1.807, 2.05) is 0 Å². The Kier molecular flexibility index (Phi) is 2.83. The lowest BCUT2D eigenvalue weighted by Crippen LogP contribution is -1.98. The Bertz CT molecular complexity index is 372. The van der Waals surface area contributed by atoms with Gasteiger partial charge in [0, 0.05) is 6.20 Å². The molecule has 0 aliphatic carbocycles. The Hall–Kier alpha value is -0.880. The first-order chi connectivity index (χ1) is 5.67. The molecule has 1 rings (SSSR count). The summed E-state index contributed by atoms with van der Waals surface area (Å²) >= 11 is 3.57. The zero-order valence-electron chi connectivity index (χ0n) is 5.95. The van der Waals surface area contributed by atoms with Gasteiger partial charge in [-0.15, -0.1) is 12.6 Å². The molecule has 1 aromatic rings. The highest BCUT2D eigenvalue weighted by molar-refractivity contribution is 7.97. The monoisotopic (exact) mass is 202 g/mol. The first kappa shape index (κ1) is 9.21. The summed E-state index contributed by atoms with van der Waals surface area (Å²) in [6, 6.07) is 4.58. The minimum atomic E-state index is -3.63. The highest BCUT2D eigenvalue weighted by Gasteiger charge is 2.11. The van der Waals surface area contributed by atoms with Crippen LogP contribution in [-0.4, -0.2) is 18.9 Å². The molecule has 1 aromatic heterocycles. The fourth-order valence-electron chi connectivity index (χ4n) is 0.616. The van der Waals surface area contributed by atoms with Gasteiger partial charge in [0.15, 0.2) is 5.03 Å². The van der Waals surface area contributed by atoms with Crippen molar-refractivity contribution in [2.75, 3.05) is 0 Å². The van der Waals surface area contributed by atoms with Crippen LogP contribution in [0.4, 0.5) is 0 Å². The molecule has 0 fully saturated rings. The molecule has 0 aromatic carbocycles. The average molecular weight is 202 g/mol. The summed E-state index contributed by atoms with van der Waals surface area (Å²) < 4.78 is 25.4. The Labute approximate surface area is 75.8 Å². The average Bonchev–Trinajstić information content (AvgIpc) is 2.06. The second-order valence-electron chi connectivity index (χ2n) is 1.86. The first-order valence-electron chi connectivity index (χ1n) is 3.01. The number of aromatic nitrogens is 1. The summed E-state index contributed by atoms with van der Waals surface area (Å²) in [6.45, 7) is 0. The van der Waals surface area contributed by atoms with Crippen LogP contribution in [0.5, 0.6) is 0 Å². The number of hydrogen-bond acceptors (Lipinski definition) is 3. The molecule has 0 saturated heterocycles. The predicted molar refractivity (Wildman–Crippen MR) is 48.9 cm³/mol. The lowest BCUT2D eigenvalue weighted by atomic mass is 10.5. The fourth-order valence-corrected chi connectivity index (χ4v) is 1.66. The van der Waals surface area contributed by atoms with Crippen molar-refractivity contribution >= 4 is 28.2 Å². The zero-order chi connectivity index (χ0) is 9.03. The molecule has 64 valence electrons. The molecular formula is C6H6N2O2S2. The van der Waals surface area contributed by atoms with Crippen molar-refractivity contribution in [2.45, 2.75) is 5.03 Å². The molecule has 0 amide bonds. The Morgan fingerprint density at radius 2 is 2.25 bits per heavy atom. The molecule has 0 unspecified atom stereocenters. The second-order valence-corrected chi connectivity index (χ2v) is 3.67. The lowest BCUT2D eigenvalue weighted by Gasteiger charge is -1.93. The van der Waals surface area contributed by atoms with Crippen LogP contribution in [0.1, 0.15) is 0 Å². The zero-order valence-corrected chi connectivity index (χ0v) is 7.66. The molecular weight excluding hydrogens is 196 g/mol. The summed E-state index contributed by atoms with van der Waals surface area (Å²) in [5.41, 5.74) is 0.921. The largest absolute Gasteiger partial charge is 0.300 e. The van der Waals surface area contributed by atoms with Gasteiger partial charge in [-0.3, -0.25) is 0 Å². The van der Waals surface area contributed by atoms with Crippen molar-refractivity contribution in [3.8, 4) is 0 Å². The van der Waals surface area contributed by atoms with E-state index >= 15 is 0 Å². The van der Waals surface area contributed by atoms with Crippen LogP contribution < -0.4 is 0 Å². The minimum absolute atomic E-state index is 0.0738. The Balaban J connectivity index is 3.16. The summed E-state index contributed by atoms with van der Waals surface area (Å²) in [4.78, 5) is 3.63. The van der Waals surface area contributed by atoms with Crippen LogP contribution in [0.15, 0.2) is 33.8 Å². The highest BCUT2D eigenvalue weighted by atomic mass is 32.2.